The van der Waals surface area contributed by atoms with E-state index in [0.717, 1.165) is 42.5 Å². The molecule has 0 aliphatic carbocycles. The zero-order valence-electron chi connectivity index (χ0n) is 15.6. The number of hydrogen-bond acceptors (Lipinski definition) is 4. The van der Waals surface area contributed by atoms with E-state index >= 15 is 0 Å². The maximum atomic E-state index is 11.6. The molecule has 6 nitrogen and oxygen atoms in total. The maximum absolute atomic E-state index is 11.6. The second-order valence-corrected chi connectivity index (χ2v) is 7.22. The van der Waals surface area contributed by atoms with Gasteiger partial charge >= 0.3 is 0 Å². The average Bonchev–Trinajstić information content (AvgIpc) is 3.33. The van der Waals surface area contributed by atoms with Crippen molar-refractivity contribution in [1.82, 2.24) is 19.6 Å². The molecule has 0 spiro atoms. The molecule has 1 amide bonds. The monoisotopic (exact) mass is 363 g/mol. The van der Waals surface area contributed by atoms with E-state index in [1.165, 1.54) is 11.1 Å². The predicted molar refractivity (Wildman–Crippen MR) is 107 cm³/mol. The molecule has 1 fully saturated rings. The van der Waals surface area contributed by atoms with Crippen LogP contribution in [0.3, 0.4) is 0 Å². The number of nitrogens with zero attached hydrogens (tertiary/aromatic N) is 4. The van der Waals surface area contributed by atoms with Gasteiger partial charge in [0.05, 0.1) is 17.4 Å². The second-order valence-electron chi connectivity index (χ2n) is 7.22. The van der Waals surface area contributed by atoms with Gasteiger partial charge in [-0.05, 0) is 54.6 Å². The van der Waals surface area contributed by atoms with Crippen molar-refractivity contribution < 1.29 is 4.79 Å². The number of hydrazine groups is 1. The van der Waals surface area contributed by atoms with Gasteiger partial charge in [-0.2, -0.15) is 0 Å². The number of amides is 1. The van der Waals surface area contributed by atoms with E-state index < -0.39 is 0 Å². The Kier molecular flexibility index (Phi) is 4.92. The molecule has 1 aliphatic rings. The van der Waals surface area contributed by atoms with Crippen LogP contribution in [-0.4, -0.2) is 45.6 Å². The van der Waals surface area contributed by atoms with Crippen molar-refractivity contribution in [3.8, 4) is 11.1 Å². The summed E-state index contributed by atoms with van der Waals surface area (Å²) in [5.41, 5.74) is 11.3. The van der Waals surface area contributed by atoms with Crippen molar-refractivity contribution in [2.24, 2.45) is 11.7 Å². The van der Waals surface area contributed by atoms with Gasteiger partial charge < -0.3 is 10.3 Å². The van der Waals surface area contributed by atoms with E-state index in [0.29, 0.717) is 19.1 Å². The zero-order valence-corrected chi connectivity index (χ0v) is 15.6. The number of aromatic nitrogens is 2. The molecule has 1 saturated heterocycles. The standard InChI is InChI=1S/C21H25N5O/c1-16-4-2-3-5-19(16)18-6-7-21-20(10-18)23-13-24(21)14-26(15-27)25-9-8-17(11-22)12-25/h2-7,10,13,15,17H,8-9,11-12,14,22H2,1H3/t17-/m1/s1. The minimum absolute atomic E-state index is 0.459. The summed E-state index contributed by atoms with van der Waals surface area (Å²) in [6, 6.07) is 14.7. The van der Waals surface area contributed by atoms with Gasteiger partial charge in [0.2, 0.25) is 6.41 Å². The Bertz CT molecular complexity index is 951. The van der Waals surface area contributed by atoms with Crippen LogP contribution in [0, 0.1) is 12.8 Å². The fraction of sp³-hybridized carbons (Fsp3) is 0.333. The van der Waals surface area contributed by atoms with Crippen LogP contribution in [0.25, 0.3) is 22.2 Å². The summed E-state index contributed by atoms with van der Waals surface area (Å²) >= 11 is 0. The first-order valence-electron chi connectivity index (χ1n) is 9.37. The Hall–Kier alpha value is -2.70. The lowest BCUT2D eigenvalue weighted by atomic mass is 10.0. The van der Waals surface area contributed by atoms with Crippen molar-refractivity contribution >= 4 is 17.4 Å². The lowest BCUT2D eigenvalue weighted by Crippen LogP contribution is -2.41. The van der Waals surface area contributed by atoms with Gasteiger partial charge in [0.1, 0.15) is 6.67 Å². The van der Waals surface area contributed by atoms with Crippen LogP contribution >= 0.6 is 0 Å². The van der Waals surface area contributed by atoms with Gasteiger partial charge in [-0.1, -0.05) is 30.3 Å². The lowest BCUT2D eigenvalue weighted by molar-refractivity contribution is -0.136. The SMILES string of the molecule is Cc1ccccc1-c1ccc2c(c1)ncn2CN(C=O)N1CC[C@H](CN)C1. The molecule has 0 radical (unpaired) electrons. The summed E-state index contributed by atoms with van der Waals surface area (Å²) in [6.45, 7) is 4.94. The summed E-state index contributed by atoms with van der Waals surface area (Å²) in [5, 5.41) is 3.81. The van der Waals surface area contributed by atoms with Gasteiger partial charge in [-0.3, -0.25) is 9.80 Å². The summed E-state index contributed by atoms with van der Waals surface area (Å²) in [4.78, 5) is 16.2. The molecular formula is C21H25N5O. The highest BCUT2D eigenvalue weighted by atomic mass is 16.2. The number of nitrogens with two attached hydrogens (primary N) is 1. The molecule has 6 heteroatoms. The van der Waals surface area contributed by atoms with E-state index in [4.69, 9.17) is 5.73 Å². The third-order valence-corrected chi connectivity index (χ3v) is 5.46. The van der Waals surface area contributed by atoms with Crippen molar-refractivity contribution in [3.05, 3.63) is 54.4 Å². The first kappa shape index (κ1) is 17.7. The molecule has 3 aromatic rings. The minimum Gasteiger partial charge on any atom is -0.330 e. The van der Waals surface area contributed by atoms with Crippen LogP contribution < -0.4 is 5.73 Å². The summed E-state index contributed by atoms with van der Waals surface area (Å²) in [6.07, 6.45) is 3.73. The molecule has 0 saturated carbocycles. The van der Waals surface area contributed by atoms with E-state index in [1.807, 2.05) is 10.6 Å². The topological polar surface area (TPSA) is 67.4 Å². The molecule has 0 unspecified atom stereocenters. The van der Waals surface area contributed by atoms with Crippen molar-refractivity contribution in [2.45, 2.75) is 20.0 Å². The first-order chi connectivity index (χ1) is 13.2. The molecule has 140 valence electrons. The number of aryl methyl sites for hydroxylation is 1. The molecule has 2 N–H and O–H groups in total. The highest BCUT2D eigenvalue weighted by molar-refractivity contribution is 5.82. The second kappa shape index (κ2) is 7.50. The van der Waals surface area contributed by atoms with Gasteiger partial charge in [0, 0.05) is 13.1 Å². The summed E-state index contributed by atoms with van der Waals surface area (Å²) < 4.78 is 2.02. The Morgan fingerprint density at radius 2 is 2.15 bits per heavy atom. The molecule has 1 aromatic heterocycles. The predicted octanol–water partition coefficient (Wildman–Crippen LogP) is 2.62. The fourth-order valence-electron chi connectivity index (χ4n) is 3.82. The fourth-order valence-corrected chi connectivity index (χ4v) is 3.82. The molecule has 2 aromatic carbocycles. The van der Waals surface area contributed by atoms with Crippen molar-refractivity contribution in [2.75, 3.05) is 19.6 Å². The largest absolute Gasteiger partial charge is 0.330 e. The van der Waals surface area contributed by atoms with Crippen molar-refractivity contribution in [1.29, 1.82) is 0 Å². The van der Waals surface area contributed by atoms with Gasteiger partial charge in [0.15, 0.2) is 0 Å². The average molecular weight is 363 g/mol. The Morgan fingerprint density at radius 3 is 2.89 bits per heavy atom. The number of carbonyl (C=O) groups is 1. The molecule has 4 rings (SSSR count). The molecule has 1 atom stereocenters. The third-order valence-electron chi connectivity index (χ3n) is 5.46. The molecule has 1 aliphatic heterocycles. The molecule has 0 bridgehead atoms. The summed E-state index contributed by atoms with van der Waals surface area (Å²) in [7, 11) is 0. The Balaban J connectivity index is 1.58. The van der Waals surface area contributed by atoms with Crippen LogP contribution in [0.1, 0.15) is 12.0 Å². The number of carbonyl (C=O) groups excluding carboxylic acids is 1. The normalized spacial score (nSPS) is 17.5. The highest BCUT2D eigenvalue weighted by Crippen LogP contribution is 2.27. The van der Waals surface area contributed by atoms with E-state index in [-0.39, 0.29) is 0 Å². The summed E-state index contributed by atoms with van der Waals surface area (Å²) in [5.74, 6) is 0.462. The number of imidazole rings is 1. The van der Waals surface area contributed by atoms with E-state index in [2.05, 4.69) is 53.3 Å². The Morgan fingerprint density at radius 1 is 1.30 bits per heavy atom. The highest BCUT2D eigenvalue weighted by Gasteiger charge is 2.25. The van der Waals surface area contributed by atoms with Crippen LogP contribution in [0.4, 0.5) is 0 Å². The quantitative estimate of drug-likeness (QED) is 0.684. The van der Waals surface area contributed by atoms with Crippen LogP contribution in [0.2, 0.25) is 0 Å². The van der Waals surface area contributed by atoms with Crippen molar-refractivity contribution in [3.63, 3.8) is 0 Å². The van der Waals surface area contributed by atoms with E-state index in [9.17, 15) is 4.79 Å². The molecule has 2 heterocycles. The number of rotatable bonds is 6. The van der Waals surface area contributed by atoms with Crippen LogP contribution in [-0.2, 0) is 11.5 Å². The maximum Gasteiger partial charge on any atom is 0.225 e. The molecule has 27 heavy (non-hydrogen) atoms. The number of fused-ring (bicyclic) bond motifs is 1. The van der Waals surface area contributed by atoms with Gasteiger partial charge in [-0.15, -0.1) is 0 Å². The number of hydrogen-bond donors (Lipinski definition) is 1. The van der Waals surface area contributed by atoms with Crippen LogP contribution in [0.5, 0.6) is 0 Å². The van der Waals surface area contributed by atoms with Gasteiger partial charge in [0.25, 0.3) is 0 Å². The van der Waals surface area contributed by atoms with Gasteiger partial charge in [-0.25, -0.2) is 9.99 Å². The zero-order chi connectivity index (χ0) is 18.8. The van der Waals surface area contributed by atoms with E-state index in [1.54, 1.807) is 11.3 Å². The Labute approximate surface area is 159 Å². The molecular weight excluding hydrogens is 338 g/mol. The van der Waals surface area contributed by atoms with Crippen LogP contribution in [0.15, 0.2) is 48.8 Å². The third kappa shape index (κ3) is 3.46. The minimum atomic E-state index is 0.459. The lowest BCUT2D eigenvalue weighted by Gasteiger charge is -2.28. The first-order valence-corrected chi connectivity index (χ1v) is 9.37. The number of benzene rings is 2. The smallest absolute Gasteiger partial charge is 0.225 e.